The first-order valence-corrected chi connectivity index (χ1v) is 7.52. The number of nitrogens with zero attached hydrogens (tertiary/aromatic N) is 1. The molecule has 0 aliphatic carbocycles. The van der Waals surface area contributed by atoms with Crippen molar-refractivity contribution in [2.24, 2.45) is 5.73 Å². The summed E-state index contributed by atoms with van der Waals surface area (Å²) in [4.78, 5) is 2.08. The van der Waals surface area contributed by atoms with Crippen molar-refractivity contribution in [2.45, 2.75) is 38.1 Å². The van der Waals surface area contributed by atoms with Gasteiger partial charge in [-0.05, 0) is 31.9 Å². The summed E-state index contributed by atoms with van der Waals surface area (Å²) < 4.78 is 5.91. The number of hydrogen-bond donors (Lipinski definition) is 2. The lowest BCUT2D eigenvalue weighted by molar-refractivity contribution is 0.0235. The molecule has 6 heteroatoms. The lowest BCUT2D eigenvalue weighted by Gasteiger charge is -2.36. The van der Waals surface area contributed by atoms with Crippen LogP contribution in [0.1, 0.15) is 19.8 Å². The quantitative estimate of drug-likeness (QED) is 0.895. The van der Waals surface area contributed by atoms with Crippen LogP contribution in [-0.4, -0.2) is 41.5 Å². The fourth-order valence-corrected chi connectivity index (χ4v) is 2.63. The van der Waals surface area contributed by atoms with Gasteiger partial charge in [0, 0.05) is 19.2 Å². The van der Waals surface area contributed by atoms with Crippen LogP contribution in [0.3, 0.4) is 0 Å². The van der Waals surface area contributed by atoms with Crippen molar-refractivity contribution >= 4 is 23.2 Å². The molecule has 112 valence electrons. The van der Waals surface area contributed by atoms with Gasteiger partial charge in [-0.15, -0.1) is 0 Å². The Morgan fingerprint density at radius 1 is 1.30 bits per heavy atom. The van der Waals surface area contributed by atoms with Crippen molar-refractivity contribution < 1.29 is 9.84 Å². The summed E-state index contributed by atoms with van der Waals surface area (Å²) in [5.74, 6) is 0.734. The van der Waals surface area contributed by atoms with Crippen LogP contribution in [0.4, 0.5) is 0 Å². The number of nitrogens with two attached hydrogens (primary N) is 1. The second-order valence-electron chi connectivity index (χ2n) is 5.16. The molecule has 1 aliphatic heterocycles. The molecule has 0 aromatic heterocycles. The van der Waals surface area contributed by atoms with Crippen LogP contribution in [0.25, 0.3) is 0 Å². The van der Waals surface area contributed by atoms with Crippen molar-refractivity contribution in [3.05, 3.63) is 28.2 Å². The molecule has 1 fully saturated rings. The monoisotopic (exact) mass is 318 g/mol. The molecular formula is C14H20Cl2N2O2. The largest absolute Gasteiger partial charge is 0.490 e. The Morgan fingerprint density at radius 2 is 1.95 bits per heavy atom. The van der Waals surface area contributed by atoms with Crippen LogP contribution < -0.4 is 10.5 Å². The lowest BCUT2D eigenvalue weighted by Crippen LogP contribution is -2.53. The number of piperidine rings is 1. The Hall–Kier alpha value is -0.520. The topological polar surface area (TPSA) is 58.7 Å². The van der Waals surface area contributed by atoms with E-state index in [9.17, 15) is 5.11 Å². The molecule has 1 aromatic rings. The average molecular weight is 319 g/mol. The first kappa shape index (κ1) is 15.9. The summed E-state index contributed by atoms with van der Waals surface area (Å²) in [6.45, 7) is 3.35. The molecule has 20 heavy (non-hydrogen) atoms. The fraction of sp³-hybridized carbons (Fsp3) is 0.571. The van der Waals surface area contributed by atoms with Gasteiger partial charge in [-0.3, -0.25) is 4.90 Å². The highest BCUT2D eigenvalue weighted by Crippen LogP contribution is 2.28. The van der Waals surface area contributed by atoms with Gasteiger partial charge in [-0.1, -0.05) is 23.2 Å². The SMILES string of the molecule is C[C@H](O)C(N)N1CCC(Oc2ccc(Cl)c(Cl)c2)CC1. The molecule has 1 unspecified atom stereocenters. The maximum Gasteiger partial charge on any atom is 0.121 e. The van der Waals surface area contributed by atoms with Crippen LogP contribution in [0.15, 0.2) is 18.2 Å². The van der Waals surface area contributed by atoms with Gasteiger partial charge in [-0.2, -0.15) is 0 Å². The number of hydrogen-bond acceptors (Lipinski definition) is 4. The van der Waals surface area contributed by atoms with E-state index in [4.69, 9.17) is 33.7 Å². The van der Waals surface area contributed by atoms with Gasteiger partial charge in [-0.25, -0.2) is 0 Å². The van der Waals surface area contributed by atoms with Crippen molar-refractivity contribution in [3.8, 4) is 5.75 Å². The van der Waals surface area contributed by atoms with Gasteiger partial charge in [0.25, 0.3) is 0 Å². The smallest absolute Gasteiger partial charge is 0.121 e. The number of aliphatic hydroxyl groups excluding tert-OH is 1. The molecule has 1 aromatic carbocycles. The molecule has 1 saturated heterocycles. The average Bonchev–Trinajstić information content (AvgIpc) is 2.43. The predicted octanol–water partition coefficient (Wildman–Crippen LogP) is 2.50. The summed E-state index contributed by atoms with van der Waals surface area (Å²) in [5, 5.41) is 10.5. The third-order valence-electron chi connectivity index (χ3n) is 3.59. The second kappa shape index (κ2) is 6.96. The zero-order chi connectivity index (χ0) is 14.7. The van der Waals surface area contributed by atoms with Gasteiger partial charge in [0.2, 0.25) is 0 Å². The number of rotatable bonds is 4. The highest BCUT2D eigenvalue weighted by Gasteiger charge is 2.26. The fourth-order valence-electron chi connectivity index (χ4n) is 2.34. The molecule has 1 aliphatic rings. The second-order valence-corrected chi connectivity index (χ2v) is 5.97. The Kier molecular flexibility index (Phi) is 5.52. The normalized spacial score (nSPS) is 20.6. The first-order valence-electron chi connectivity index (χ1n) is 6.77. The molecule has 3 N–H and O–H groups in total. The van der Waals surface area contributed by atoms with Crippen LogP contribution in [0, 0.1) is 0 Å². The highest BCUT2D eigenvalue weighted by atomic mass is 35.5. The van der Waals surface area contributed by atoms with E-state index in [0.717, 1.165) is 31.7 Å². The molecule has 1 heterocycles. The van der Waals surface area contributed by atoms with Crippen LogP contribution >= 0.6 is 23.2 Å². The first-order chi connectivity index (χ1) is 9.47. The maximum atomic E-state index is 9.51. The van der Waals surface area contributed by atoms with Crippen LogP contribution in [0.2, 0.25) is 10.0 Å². The Labute approximate surface area is 129 Å². The van der Waals surface area contributed by atoms with Crippen molar-refractivity contribution in [3.63, 3.8) is 0 Å². The van der Waals surface area contributed by atoms with E-state index < -0.39 is 6.10 Å². The van der Waals surface area contributed by atoms with E-state index in [2.05, 4.69) is 4.90 Å². The van der Waals surface area contributed by atoms with Crippen LogP contribution in [0.5, 0.6) is 5.75 Å². The molecule has 2 atom stereocenters. The van der Waals surface area contributed by atoms with Crippen LogP contribution in [-0.2, 0) is 0 Å². The maximum absolute atomic E-state index is 9.51. The van der Waals surface area contributed by atoms with Gasteiger partial charge in [0.1, 0.15) is 11.9 Å². The molecule has 0 amide bonds. The Morgan fingerprint density at radius 3 is 2.50 bits per heavy atom. The number of aliphatic hydroxyl groups is 1. The Bertz CT molecular complexity index is 449. The standard InChI is InChI=1S/C14H20Cl2N2O2/c1-9(19)14(17)18-6-4-10(5-7-18)20-11-2-3-12(15)13(16)8-11/h2-3,8-10,14,19H,4-7,17H2,1H3/t9-,14?/m0/s1. The Balaban J connectivity index is 1.86. The molecule has 4 nitrogen and oxygen atoms in total. The zero-order valence-corrected chi connectivity index (χ0v) is 12.9. The predicted molar refractivity (Wildman–Crippen MR) is 81.3 cm³/mol. The minimum atomic E-state index is -0.525. The molecule has 0 saturated carbocycles. The highest BCUT2D eigenvalue weighted by molar-refractivity contribution is 6.42. The van der Waals surface area contributed by atoms with E-state index in [1.54, 1.807) is 19.1 Å². The zero-order valence-electron chi connectivity index (χ0n) is 11.4. The van der Waals surface area contributed by atoms with E-state index in [0.29, 0.717) is 10.0 Å². The summed E-state index contributed by atoms with van der Waals surface area (Å²) in [7, 11) is 0. The molecule has 2 rings (SSSR count). The minimum Gasteiger partial charge on any atom is -0.490 e. The number of benzene rings is 1. The lowest BCUT2D eigenvalue weighted by atomic mass is 10.1. The van der Waals surface area contributed by atoms with E-state index >= 15 is 0 Å². The molecule has 0 bridgehead atoms. The van der Waals surface area contributed by atoms with Gasteiger partial charge in [0.15, 0.2) is 0 Å². The number of likely N-dealkylation sites (tertiary alicyclic amines) is 1. The number of ether oxygens (including phenoxy) is 1. The molecule has 0 radical (unpaired) electrons. The van der Waals surface area contributed by atoms with Crippen molar-refractivity contribution in [1.82, 2.24) is 4.90 Å². The van der Waals surface area contributed by atoms with E-state index in [1.807, 2.05) is 6.07 Å². The summed E-state index contributed by atoms with van der Waals surface area (Å²) in [6, 6.07) is 5.29. The third kappa shape index (κ3) is 3.99. The third-order valence-corrected chi connectivity index (χ3v) is 4.33. The summed E-state index contributed by atoms with van der Waals surface area (Å²) in [5.41, 5.74) is 5.93. The number of halogens is 2. The van der Waals surface area contributed by atoms with E-state index in [-0.39, 0.29) is 12.3 Å². The molecular weight excluding hydrogens is 299 g/mol. The van der Waals surface area contributed by atoms with Gasteiger partial charge < -0.3 is 15.6 Å². The van der Waals surface area contributed by atoms with E-state index in [1.165, 1.54) is 0 Å². The summed E-state index contributed by atoms with van der Waals surface area (Å²) in [6.07, 6.45) is 1.06. The van der Waals surface area contributed by atoms with Gasteiger partial charge >= 0.3 is 0 Å². The van der Waals surface area contributed by atoms with Gasteiger partial charge in [0.05, 0.1) is 22.3 Å². The summed E-state index contributed by atoms with van der Waals surface area (Å²) >= 11 is 11.8. The molecule has 0 spiro atoms. The van der Waals surface area contributed by atoms with Crippen molar-refractivity contribution in [2.75, 3.05) is 13.1 Å². The van der Waals surface area contributed by atoms with Crippen molar-refractivity contribution in [1.29, 1.82) is 0 Å². The minimum absolute atomic E-state index is 0.143.